The number of hydrogen-bond acceptors (Lipinski definition) is 4. The van der Waals surface area contributed by atoms with Crippen molar-refractivity contribution >= 4 is 12.0 Å². The summed E-state index contributed by atoms with van der Waals surface area (Å²) in [6, 6.07) is 7.00. The van der Waals surface area contributed by atoms with Crippen molar-refractivity contribution in [1.29, 1.82) is 0 Å². The van der Waals surface area contributed by atoms with Gasteiger partial charge in [0.2, 0.25) is 0 Å². The average Bonchev–Trinajstić information content (AvgIpc) is 2.38. The van der Waals surface area contributed by atoms with E-state index in [1.54, 1.807) is 0 Å². The van der Waals surface area contributed by atoms with Crippen LogP contribution < -0.4 is 15.4 Å². The third-order valence-electron chi connectivity index (χ3n) is 2.70. The SMILES string of the molecule is CN1c2ccccc2OC[C@@H](N)C1C=O. The molecule has 0 aromatic heterocycles. The molecule has 2 rings (SSSR count). The van der Waals surface area contributed by atoms with Crippen LogP contribution in [0.25, 0.3) is 0 Å². The molecule has 0 radical (unpaired) electrons. The van der Waals surface area contributed by atoms with E-state index in [0.717, 1.165) is 17.7 Å². The Bertz CT molecular complexity index is 367. The molecule has 0 saturated carbocycles. The van der Waals surface area contributed by atoms with E-state index in [9.17, 15) is 4.79 Å². The molecule has 1 aliphatic rings. The minimum absolute atomic E-state index is 0.292. The van der Waals surface area contributed by atoms with Gasteiger partial charge in [0.05, 0.1) is 11.7 Å². The number of rotatable bonds is 1. The highest BCUT2D eigenvalue weighted by Crippen LogP contribution is 2.30. The Morgan fingerprint density at radius 1 is 1.53 bits per heavy atom. The van der Waals surface area contributed by atoms with Crippen LogP contribution in [0.3, 0.4) is 0 Å². The van der Waals surface area contributed by atoms with Crippen LogP contribution in [0.2, 0.25) is 0 Å². The molecule has 0 amide bonds. The number of aldehydes is 1. The summed E-state index contributed by atoms with van der Waals surface area (Å²) in [4.78, 5) is 12.8. The van der Waals surface area contributed by atoms with Crippen LogP contribution >= 0.6 is 0 Å². The maximum absolute atomic E-state index is 11.0. The lowest BCUT2D eigenvalue weighted by Gasteiger charge is -2.26. The van der Waals surface area contributed by atoms with Crippen LogP contribution in [0.4, 0.5) is 5.69 Å². The lowest BCUT2D eigenvalue weighted by molar-refractivity contribution is -0.109. The van der Waals surface area contributed by atoms with E-state index in [1.807, 2.05) is 36.2 Å². The minimum Gasteiger partial charge on any atom is -0.490 e. The van der Waals surface area contributed by atoms with Gasteiger partial charge in [0, 0.05) is 7.05 Å². The second kappa shape index (κ2) is 3.90. The van der Waals surface area contributed by atoms with Gasteiger partial charge in [-0.25, -0.2) is 0 Å². The van der Waals surface area contributed by atoms with Gasteiger partial charge in [-0.05, 0) is 12.1 Å². The van der Waals surface area contributed by atoms with E-state index in [0.29, 0.717) is 6.61 Å². The molecule has 2 atom stereocenters. The summed E-state index contributed by atoms with van der Waals surface area (Å²) < 4.78 is 5.54. The standard InChI is InChI=1S/C11H14N2O2/c1-13-9-4-2-3-5-11(9)15-7-8(12)10(13)6-14/h2-6,8,10H,7,12H2,1H3/t8-,10?/m1/s1. The first-order valence-electron chi connectivity index (χ1n) is 4.89. The zero-order valence-electron chi connectivity index (χ0n) is 8.59. The molecule has 4 nitrogen and oxygen atoms in total. The summed E-state index contributed by atoms with van der Waals surface area (Å²) in [6.07, 6.45) is 0.871. The number of anilines is 1. The number of carbonyl (C=O) groups is 1. The number of benzene rings is 1. The molecule has 15 heavy (non-hydrogen) atoms. The van der Waals surface area contributed by atoms with Crippen molar-refractivity contribution in [3.8, 4) is 5.75 Å². The topological polar surface area (TPSA) is 55.6 Å². The number of carbonyl (C=O) groups excluding carboxylic acids is 1. The lowest BCUT2D eigenvalue weighted by Crippen LogP contribution is -2.48. The Morgan fingerprint density at radius 3 is 3.00 bits per heavy atom. The maximum atomic E-state index is 11.0. The molecule has 0 aliphatic carbocycles. The Morgan fingerprint density at radius 2 is 2.27 bits per heavy atom. The number of ether oxygens (including phenoxy) is 1. The molecule has 4 heteroatoms. The van der Waals surface area contributed by atoms with Gasteiger partial charge in [0.25, 0.3) is 0 Å². The molecule has 0 saturated heterocycles. The van der Waals surface area contributed by atoms with Crippen LogP contribution in [-0.2, 0) is 4.79 Å². The van der Waals surface area contributed by atoms with E-state index >= 15 is 0 Å². The van der Waals surface area contributed by atoms with Gasteiger partial charge < -0.3 is 20.2 Å². The molecule has 1 aliphatic heterocycles. The minimum atomic E-state index is -0.325. The van der Waals surface area contributed by atoms with Crippen molar-refractivity contribution in [2.45, 2.75) is 12.1 Å². The van der Waals surface area contributed by atoms with Crippen molar-refractivity contribution in [2.75, 3.05) is 18.6 Å². The molecule has 0 fully saturated rings. The first kappa shape index (κ1) is 9.98. The molecular weight excluding hydrogens is 192 g/mol. The summed E-state index contributed by atoms with van der Waals surface area (Å²) in [7, 11) is 1.85. The highest BCUT2D eigenvalue weighted by molar-refractivity contribution is 5.70. The fraction of sp³-hybridized carbons (Fsp3) is 0.364. The molecule has 1 aromatic carbocycles. The summed E-state index contributed by atoms with van der Waals surface area (Å²) in [5.74, 6) is 0.778. The zero-order chi connectivity index (χ0) is 10.8. The Hall–Kier alpha value is -1.55. The normalized spacial score (nSPS) is 25.1. The monoisotopic (exact) mass is 206 g/mol. The predicted octanol–water partition coefficient (Wildman–Crippen LogP) is 0.410. The van der Waals surface area contributed by atoms with Gasteiger partial charge in [-0.15, -0.1) is 0 Å². The number of likely N-dealkylation sites (N-methyl/N-ethyl adjacent to an activating group) is 1. The van der Waals surface area contributed by atoms with E-state index < -0.39 is 0 Å². The summed E-state index contributed by atoms with van der Waals surface area (Å²) in [6.45, 7) is 0.366. The molecule has 80 valence electrons. The molecule has 0 spiro atoms. The second-order valence-corrected chi connectivity index (χ2v) is 3.68. The van der Waals surface area contributed by atoms with Crippen LogP contribution in [-0.4, -0.2) is 32.0 Å². The van der Waals surface area contributed by atoms with Crippen molar-refractivity contribution in [3.63, 3.8) is 0 Å². The number of hydrogen-bond donors (Lipinski definition) is 1. The predicted molar refractivity (Wildman–Crippen MR) is 58.2 cm³/mol. The third kappa shape index (κ3) is 1.68. The first-order valence-corrected chi connectivity index (χ1v) is 4.89. The quantitative estimate of drug-likeness (QED) is 0.676. The first-order chi connectivity index (χ1) is 7.24. The second-order valence-electron chi connectivity index (χ2n) is 3.68. The number of nitrogens with two attached hydrogens (primary N) is 1. The number of fused-ring (bicyclic) bond motifs is 1. The van der Waals surface area contributed by atoms with Gasteiger partial charge >= 0.3 is 0 Å². The van der Waals surface area contributed by atoms with Crippen LogP contribution in [0.1, 0.15) is 0 Å². The highest BCUT2D eigenvalue weighted by atomic mass is 16.5. The lowest BCUT2D eigenvalue weighted by atomic mass is 10.1. The Labute approximate surface area is 88.6 Å². The molecule has 1 aromatic rings. The summed E-state index contributed by atoms with van der Waals surface area (Å²) in [5, 5.41) is 0. The Kier molecular flexibility index (Phi) is 2.60. The van der Waals surface area contributed by atoms with Gasteiger partial charge in [-0.3, -0.25) is 0 Å². The third-order valence-corrected chi connectivity index (χ3v) is 2.70. The van der Waals surface area contributed by atoms with Crippen molar-refractivity contribution in [1.82, 2.24) is 0 Å². The van der Waals surface area contributed by atoms with E-state index in [-0.39, 0.29) is 12.1 Å². The largest absolute Gasteiger partial charge is 0.490 e. The van der Waals surface area contributed by atoms with E-state index in [2.05, 4.69) is 0 Å². The van der Waals surface area contributed by atoms with Crippen LogP contribution in [0.5, 0.6) is 5.75 Å². The Balaban J connectivity index is 2.42. The fourth-order valence-electron chi connectivity index (χ4n) is 1.80. The zero-order valence-corrected chi connectivity index (χ0v) is 8.59. The smallest absolute Gasteiger partial charge is 0.144 e. The summed E-state index contributed by atoms with van der Waals surface area (Å²) in [5.41, 5.74) is 6.77. The number of nitrogens with zero attached hydrogens (tertiary/aromatic N) is 1. The average molecular weight is 206 g/mol. The van der Waals surface area contributed by atoms with Gasteiger partial charge in [-0.1, -0.05) is 12.1 Å². The molecule has 1 heterocycles. The summed E-state index contributed by atoms with van der Waals surface area (Å²) >= 11 is 0. The van der Waals surface area contributed by atoms with Crippen LogP contribution in [0, 0.1) is 0 Å². The molecule has 1 unspecified atom stereocenters. The van der Waals surface area contributed by atoms with Crippen molar-refractivity contribution < 1.29 is 9.53 Å². The van der Waals surface area contributed by atoms with Gasteiger partial charge in [-0.2, -0.15) is 0 Å². The van der Waals surface area contributed by atoms with Crippen molar-refractivity contribution in [3.05, 3.63) is 24.3 Å². The molecule has 2 N–H and O–H groups in total. The number of para-hydroxylation sites is 2. The fourth-order valence-corrected chi connectivity index (χ4v) is 1.80. The van der Waals surface area contributed by atoms with E-state index in [4.69, 9.17) is 10.5 Å². The molecular formula is C11H14N2O2. The van der Waals surface area contributed by atoms with Crippen molar-refractivity contribution in [2.24, 2.45) is 5.73 Å². The van der Waals surface area contributed by atoms with Gasteiger partial charge in [0.1, 0.15) is 24.7 Å². The maximum Gasteiger partial charge on any atom is 0.144 e. The van der Waals surface area contributed by atoms with Crippen LogP contribution in [0.15, 0.2) is 24.3 Å². The van der Waals surface area contributed by atoms with Gasteiger partial charge in [0.15, 0.2) is 0 Å². The molecule has 0 bridgehead atoms. The highest BCUT2D eigenvalue weighted by Gasteiger charge is 2.27. The van der Waals surface area contributed by atoms with E-state index in [1.165, 1.54) is 0 Å².